The Morgan fingerprint density at radius 2 is 0.938 bits per heavy atom. The number of rotatable bonds is 9. The van der Waals surface area contributed by atoms with Crippen molar-refractivity contribution in [1.82, 2.24) is 0 Å². The monoisotopic (exact) mass is 726 g/mol. The van der Waals surface area contributed by atoms with Gasteiger partial charge in [0.25, 0.3) is 0 Å². The fourth-order valence-corrected chi connectivity index (χ4v) is 14.4. The van der Waals surface area contributed by atoms with E-state index in [1.165, 1.54) is 37.4 Å². The average Bonchev–Trinajstić information content (AvgIpc) is 3.75. The molecule has 0 aromatic heterocycles. The van der Waals surface area contributed by atoms with Crippen LogP contribution in [0.1, 0.15) is 54.0 Å². The SMILES string of the molecule is CC(C)(C)c1cc(P(c2ccccc2)c2ccccc2)[c-](P(c2ccccc2)c2ccccc2)c1.CC(C)P([c-]1[cH-][cH-][cH-][cH-]1)C(C)C.[Fe]. The van der Waals surface area contributed by atoms with Crippen LogP contribution < -0.4 is 37.1 Å². The van der Waals surface area contributed by atoms with Crippen molar-refractivity contribution < 1.29 is 17.1 Å². The van der Waals surface area contributed by atoms with Crippen LogP contribution in [0.25, 0.3) is 0 Å². The summed E-state index contributed by atoms with van der Waals surface area (Å²) in [4.78, 5) is 0. The van der Waals surface area contributed by atoms with E-state index in [0.29, 0.717) is 0 Å². The quantitative estimate of drug-likeness (QED) is 0.0792. The maximum atomic E-state index is 2.52. The Hall–Kier alpha value is -2.61. The molecule has 0 N–H and O–H groups in total. The summed E-state index contributed by atoms with van der Waals surface area (Å²) in [6, 6.07) is 58.2. The van der Waals surface area contributed by atoms with Crippen molar-refractivity contribution in [1.29, 1.82) is 0 Å². The van der Waals surface area contributed by atoms with Gasteiger partial charge in [-0.1, -0.05) is 194 Å². The Bertz CT molecular complexity index is 1560. The molecule has 48 heavy (non-hydrogen) atoms. The van der Waals surface area contributed by atoms with Crippen molar-refractivity contribution in [3.05, 3.63) is 163 Å². The fraction of sp³-hybridized carbons (Fsp3) is 0.227. The summed E-state index contributed by atoms with van der Waals surface area (Å²) in [6.45, 7) is 16.3. The van der Waals surface area contributed by atoms with Crippen LogP contribution >= 0.6 is 23.8 Å². The fourth-order valence-electron chi connectivity index (χ4n) is 6.17. The van der Waals surface area contributed by atoms with Gasteiger partial charge in [-0.3, -0.25) is 0 Å². The predicted octanol–water partition coefficient (Wildman–Crippen LogP) is 9.55. The first kappa shape index (κ1) is 38.2. The van der Waals surface area contributed by atoms with Crippen LogP contribution in [0.15, 0.2) is 158 Å². The molecule has 0 unspecified atom stereocenters. The minimum Gasteiger partial charge on any atom is -0.747 e. The van der Waals surface area contributed by atoms with Gasteiger partial charge in [-0.2, -0.15) is 11.6 Å². The van der Waals surface area contributed by atoms with Gasteiger partial charge in [0.1, 0.15) is 0 Å². The molecule has 0 atom stereocenters. The smallest absolute Gasteiger partial charge is 0 e. The van der Waals surface area contributed by atoms with Crippen LogP contribution in [0.2, 0.25) is 0 Å². The first-order chi connectivity index (χ1) is 22.6. The summed E-state index contributed by atoms with van der Waals surface area (Å²) in [7, 11) is -1.32. The van der Waals surface area contributed by atoms with Gasteiger partial charge in [-0.25, -0.2) is 6.07 Å². The van der Waals surface area contributed by atoms with Crippen LogP contribution in [-0.2, 0) is 22.5 Å². The molecular formula is C44H49FeP3-6. The van der Waals surface area contributed by atoms with E-state index >= 15 is 0 Å². The van der Waals surface area contributed by atoms with E-state index in [1.54, 1.807) is 5.30 Å². The second-order valence-electron chi connectivity index (χ2n) is 13.5. The van der Waals surface area contributed by atoms with Crippen molar-refractivity contribution in [2.45, 2.75) is 65.2 Å². The third-order valence-corrected chi connectivity index (χ3v) is 16.6. The molecule has 0 saturated heterocycles. The van der Waals surface area contributed by atoms with E-state index in [4.69, 9.17) is 0 Å². The standard InChI is InChI=1S/C33H31P2.C11H18P.Fe/c1-33(2,3)26-24-31(34(27-16-8-4-9-17-27)28-18-10-5-11-19-28)32(25-26)35(29-20-12-6-13-21-29)30-22-14-7-15-23-30;1-9(2)12(10(3)4)11-7-5-6-8-11;/h4-25H,1-3H3;5-10H,1-4H3;/q-1;-5;. The van der Waals surface area contributed by atoms with Crippen LogP contribution in [-0.4, -0.2) is 11.3 Å². The molecule has 0 aliphatic rings. The van der Waals surface area contributed by atoms with Crippen LogP contribution in [0, 0.1) is 0 Å². The zero-order chi connectivity index (χ0) is 33.4. The van der Waals surface area contributed by atoms with Gasteiger partial charge in [0, 0.05) is 17.1 Å². The predicted molar refractivity (Wildman–Crippen MR) is 217 cm³/mol. The van der Waals surface area contributed by atoms with Crippen LogP contribution in [0.5, 0.6) is 0 Å². The normalized spacial score (nSPS) is 11.6. The summed E-state index contributed by atoms with van der Waals surface area (Å²) in [5.41, 5.74) is 3.11. The zero-order valence-electron chi connectivity index (χ0n) is 29.4. The maximum Gasteiger partial charge on any atom is 0 e. The zero-order valence-corrected chi connectivity index (χ0v) is 33.1. The van der Waals surface area contributed by atoms with Crippen molar-refractivity contribution in [3.8, 4) is 0 Å². The first-order valence-corrected chi connectivity index (χ1v) is 20.9. The van der Waals surface area contributed by atoms with Crippen molar-refractivity contribution >= 4 is 60.9 Å². The molecule has 0 bridgehead atoms. The summed E-state index contributed by atoms with van der Waals surface area (Å²) >= 11 is 0. The molecule has 254 valence electrons. The van der Waals surface area contributed by atoms with Gasteiger partial charge >= 0.3 is 0 Å². The minimum atomic E-state index is -0.690. The average molecular weight is 727 g/mol. The molecular weight excluding hydrogens is 677 g/mol. The van der Waals surface area contributed by atoms with Crippen molar-refractivity contribution in [3.63, 3.8) is 0 Å². The van der Waals surface area contributed by atoms with Gasteiger partial charge in [0.05, 0.1) is 0 Å². The molecule has 0 nitrogen and oxygen atoms in total. The topological polar surface area (TPSA) is 0 Å². The second-order valence-corrected chi connectivity index (χ2v) is 21.3. The summed E-state index contributed by atoms with van der Waals surface area (Å²) in [6.07, 6.45) is 0. The molecule has 6 rings (SSSR count). The molecule has 6 aromatic rings. The molecule has 0 spiro atoms. The molecule has 6 aromatic carbocycles. The number of hydrogen-bond donors (Lipinski definition) is 0. The molecule has 4 heteroatoms. The summed E-state index contributed by atoms with van der Waals surface area (Å²) in [5, 5.41) is 10.1. The third kappa shape index (κ3) is 9.54. The minimum absolute atomic E-state index is 0. The molecule has 0 saturated carbocycles. The van der Waals surface area contributed by atoms with Crippen LogP contribution in [0.3, 0.4) is 0 Å². The van der Waals surface area contributed by atoms with E-state index in [2.05, 4.69) is 206 Å². The summed E-state index contributed by atoms with van der Waals surface area (Å²) < 4.78 is 0. The van der Waals surface area contributed by atoms with Gasteiger partial charge in [-0.05, 0) is 29.1 Å². The molecule has 0 fully saturated rings. The second kappa shape index (κ2) is 17.9. The van der Waals surface area contributed by atoms with E-state index in [1.807, 2.05) is 0 Å². The number of benzene rings is 4. The van der Waals surface area contributed by atoms with Gasteiger partial charge in [-0.15, -0.1) is 10.6 Å². The van der Waals surface area contributed by atoms with Gasteiger partial charge < -0.3 is 37.5 Å². The molecule has 0 heterocycles. The molecule has 0 amide bonds. The third-order valence-electron chi connectivity index (χ3n) is 8.31. The Kier molecular flexibility index (Phi) is 14.2. The van der Waals surface area contributed by atoms with Gasteiger partial charge in [0.2, 0.25) is 0 Å². The van der Waals surface area contributed by atoms with E-state index in [9.17, 15) is 0 Å². The Balaban J connectivity index is 0.000000340. The van der Waals surface area contributed by atoms with Crippen molar-refractivity contribution in [2.24, 2.45) is 0 Å². The molecule has 0 aliphatic carbocycles. The molecule has 0 radical (unpaired) electrons. The van der Waals surface area contributed by atoms with E-state index in [-0.39, 0.29) is 30.4 Å². The summed E-state index contributed by atoms with van der Waals surface area (Å²) in [5.74, 6) is 0. The molecule has 0 aliphatic heterocycles. The maximum absolute atomic E-state index is 2.52. The van der Waals surface area contributed by atoms with Crippen LogP contribution in [0.4, 0.5) is 0 Å². The number of hydrogen-bond acceptors (Lipinski definition) is 0. The van der Waals surface area contributed by atoms with E-state index in [0.717, 1.165) is 11.3 Å². The van der Waals surface area contributed by atoms with Gasteiger partial charge in [0.15, 0.2) is 0 Å². The first-order valence-electron chi connectivity index (χ1n) is 16.8. The Morgan fingerprint density at radius 1 is 0.562 bits per heavy atom. The van der Waals surface area contributed by atoms with E-state index < -0.39 is 15.8 Å². The largest absolute Gasteiger partial charge is 0.747 e. The Labute approximate surface area is 304 Å². The van der Waals surface area contributed by atoms with Crippen molar-refractivity contribution in [2.75, 3.05) is 0 Å². The Morgan fingerprint density at radius 3 is 1.29 bits per heavy atom.